The number of hydrogen-bond donors (Lipinski definition) is 0. The van der Waals surface area contributed by atoms with Gasteiger partial charge in [-0.05, 0) is 0 Å². The van der Waals surface area contributed by atoms with Crippen molar-refractivity contribution in [2.75, 3.05) is 0 Å². The molecule has 0 nitrogen and oxygen atoms in total. The number of hydrogen-bond acceptors (Lipinski definition) is 0. The zero-order valence-electron chi connectivity index (χ0n) is 9.09. The maximum atomic E-state index is 3.84. The summed E-state index contributed by atoms with van der Waals surface area (Å²) in [5, 5.41) is 0. The van der Waals surface area contributed by atoms with Crippen LogP contribution in [0.15, 0.2) is 0 Å². The Kier molecular flexibility index (Phi) is 18.4. The van der Waals surface area contributed by atoms with E-state index in [4.69, 9.17) is 0 Å². The van der Waals surface area contributed by atoms with Gasteiger partial charge in [-0.25, -0.2) is 0 Å². The minimum Gasteiger partial charge on any atom is -0.343 e. The molecule has 0 bridgehead atoms. The molecule has 0 fully saturated rings. The third-order valence-electron chi connectivity index (χ3n) is 2.35. The van der Waals surface area contributed by atoms with E-state index in [9.17, 15) is 0 Å². The topological polar surface area (TPSA) is 0 Å². The van der Waals surface area contributed by atoms with E-state index in [1.165, 1.54) is 57.8 Å². The fraction of sp³-hybridized carbons (Fsp3) is 0.917. The van der Waals surface area contributed by atoms with Gasteiger partial charge in [-0.2, -0.15) is 6.42 Å². The molecule has 0 saturated heterocycles. The molecule has 0 aliphatic rings. The van der Waals surface area contributed by atoms with Gasteiger partial charge in [-0.3, -0.25) is 0 Å². The summed E-state index contributed by atoms with van der Waals surface area (Å²) in [5.41, 5.74) is 0. The molecule has 1 heteroatoms. The summed E-state index contributed by atoms with van der Waals surface area (Å²) in [7, 11) is 0. The summed E-state index contributed by atoms with van der Waals surface area (Å²) >= 11 is 0. The van der Waals surface area contributed by atoms with E-state index in [1.54, 1.807) is 0 Å². The molecule has 0 saturated carbocycles. The van der Waals surface area contributed by atoms with Crippen molar-refractivity contribution in [1.29, 1.82) is 0 Å². The number of unbranched alkanes of at least 4 members (excludes halogenated alkanes) is 9. The predicted molar refractivity (Wildman–Crippen MR) is 57.2 cm³/mol. The van der Waals surface area contributed by atoms with E-state index < -0.39 is 0 Å². The molecule has 0 aliphatic carbocycles. The van der Waals surface area contributed by atoms with Gasteiger partial charge in [0.25, 0.3) is 0 Å². The first-order chi connectivity index (χ1) is 5.91. The molecular formula is C12H25Ni-. The molecule has 84 valence electrons. The van der Waals surface area contributed by atoms with Gasteiger partial charge in [-0.1, -0.05) is 64.7 Å². The van der Waals surface area contributed by atoms with Crippen molar-refractivity contribution >= 4 is 0 Å². The third kappa shape index (κ3) is 15.3. The maximum Gasteiger partial charge on any atom is 0 e. The van der Waals surface area contributed by atoms with E-state index in [-0.39, 0.29) is 16.5 Å². The normalized spacial score (nSPS) is 9.69. The SMILES string of the molecule is [CH2-]CCCCCCCCCCC.[Ni]. The summed E-state index contributed by atoms with van der Waals surface area (Å²) in [6.45, 7) is 6.12. The van der Waals surface area contributed by atoms with Gasteiger partial charge in [0.1, 0.15) is 0 Å². The maximum absolute atomic E-state index is 3.84. The molecule has 0 radical (unpaired) electrons. The third-order valence-corrected chi connectivity index (χ3v) is 2.35. The van der Waals surface area contributed by atoms with Crippen LogP contribution in [0, 0.1) is 6.92 Å². The summed E-state index contributed by atoms with van der Waals surface area (Å²) in [6, 6.07) is 0. The first-order valence-corrected chi connectivity index (χ1v) is 5.71. The van der Waals surface area contributed by atoms with Crippen molar-refractivity contribution in [2.24, 2.45) is 0 Å². The minimum absolute atomic E-state index is 0. The van der Waals surface area contributed by atoms with Gasteiger partial charge in [0.15, 0.2) is 0 Å². The van der Waals surface area contributed by atoms with Gasteiger partial charge < -0.3 is 6.92 Å². The van der Waals surface area contributed by atoms with Gasteiger partial charge in [-0.15, -0.1) is 0 Å². The van der Waals surface area contributed by atoms with Crippen molar-refractivity contribution < 1.29 is 16.5 Å². The molecule has 0 N–H and O–H groups in total. The van der Waals surface area contributed by atoms with E-state index >= 15 is 0 Å². The zero-order chi connectivity index (χ0) is 9.07. The minimum atomic E-state index is 0. The number of rotatable bonds is 9. The second-order valence-electron chi connectivity index (χ2n) is 3.68. The Bertz CT molecular complexity index is 61.5. The van der Waals surface area contributed by atoms with Crippen LogP contribution in [0.25, 0.3) is 0 Å². The van der Waals surface area contributed by atoms with Crippen LogP contribution in [0.3, 0.4) is 0 Å². The Morgan fingerprint density at radius 3 is 1.46 bits per heavy atom. The zero-order valence-corrected chi connectivity index (χ0v) is 10.1. The standard InChI is InChI=1S/C12H25.Ni/c1-3-5-7-9-11-12-10-8-6-4-2;/h1,3-12H2,2H3;/q-1;. The average molecular weight is 228 g/mol. The summed E-state index contributed by atoms with van der Waals surface area (Å²) in [5.74, 6) is 0. The van der Waals surface area contributed by atoms with Gasteiger partial charge in [0.05, 0.1) is 0 Å². The van der Waals surface area contributed by atoms with Crippen molar-refractivity contribution in [3.8, 4) is 0 Å². The summed E-state index contributed by atoms with van der Waals surface area (Å²) in [4.78, 5) is 0. The quantitative estimate of drug-likeness (QED) is 0.303. The van der Waals surface area contributed by atoms with Crippen LogP contribution in [0.4, 0.5) is 0 Å². The van der Waals surface area contributed by atoms with Crippen LogP contribution in [-0.4, -0.2) is 0 Å². The van der Waals surface area contributed by atoms with E-state index in [0.717, 1.165) is 6.42 Å². The van der Waals surface area contributed by atoms with Crippen LogP contribution in [0.5, 0.6) is 0 Å². The van der Waals surface area contributed by atoms with Crippen LogP contribution >= 0.6 is 0 Å². The van der Waals surface area contributed by atoms with Crippen molar-refractivity contribution in [1.82, 2.24) is 0 Å². The molecule has 0 spiro atoms. The monoisotopic (exact) mass is 227 g/mol. The fourth-order valence-corrected chi connectivity index (χ4v) is 1.49. The Morgan fingerprint density at radius 1 is 0.692 bits per heavy atom. The Hall–Kier alpha value is 0.494. The average Bonchev–Trinajstić information content (AvgIpc) is 2.10. The van der Waals surface area contributed by atoms with Crippen molar-refractivity contribution in [3.05, 3.63) is 6.92 Å². The fourth-order valence-electron chi connectivity index (χ4n) is 1.49. The Labute approximate surface area is 94.8 Å². The molecule has 0 aromatic heterocycles. The van der Waals surface area contributed by atoms with Gasteiger partial charge >= 0.3 is 0 Å². The van der Waals surface area contributed by atoms with E-state index in [1.807, 2.05) is 0 Å². The first kappa shape index (κ1) is 15.9. The molecule has 0 aromatic carbocycles. The molecular weight excluding hydrogens is 203 g/mol. The van der Waals surface area contributed by atoms with E-state index in [2.05, 4.69) is 13.8 Å². The van der Waals surface area contributed by atoms with Gasteiger partial charge in [0.2, 0.25) is 0 Å². The second kappa shape index (κ2) is 15.0. The molecule has 0 aromatic rings. The van der Waals surface area contributed by atoms with Crippen molar-refractivity contribution in [3.63, 3.8) is 0 Å². The van der Waals surface area contributed by atoms with Gasteiger partial charge in [0, 0.05) is 16.5 Å². The predicted octanol–water partition coefficient (Wildman–Crippen LogP) is 4.74. The summed E-state index contributed by atoms with van der Waals surface area (Å²) in [6.07, 6.45) is 13.9. The first-order valence-electron chi connectivity index (χ1n) is 5.71. The molecule has 0 atom stereocenters. The van der Waals surface area contributed by atoms with Crippen LogP contribution in [0.1, 0.15) is 71.1 Å². The molecule has 0 amide bonds. The smallest absolute Gasteiger partial charge is 0 e. The molecule has 0 unspecified atom stereocenters. The van der Waals surface area contributed by atoms with Crippen LogP contribution < -0.4 is 0 Å². The van der Waals surface area contributed by atoms with Crippen LogP contribution in [0.2, 0.25) is 0 Å². The molecule has 13 heavy (non-hydrogen) atoms. The molecule has 0 aliphatic heterocycles. The second-order valence-corrected chi connectivity index (χ2v) is 3.68. The Balaban J connectivity index is 0. The van der Waals surface area contributed by atoms with Crippen molar-refractivity contribution in [2.45, 2.75) is 71.1 Å². The summed E-state index contributed by atoms with van der Waals surface area (Å²) < 4.78 is 0. The largest absolute Gasteiger partial charge is 0.343 e. The molecule has 0 rings (SSSR count). The molecule has 0 heterocycles. The Morgan fingerprint density at radius 2 is 1.08 bits per heavy atom. The van der Waals surface area contributed by atoms with Crippen LogP contribution in [-0.2, 0) is 16.5 Å². The van der Waals surface area contributed by atoms with E-state index in [0.29, 0.717) is 0 Å².